The summed E-state index contributed by atoms with van der Waals surface area (Å²) < 4.78 is 1.68. The van der Waals surface area contributed by atoms with Crippen LogP contribution in [0, 0.1) is 24.7 Å². The van der Waals surface area contributed by atoms with Crippen LogP contribution in [0.25, 0.3) is 0 Å². The number of aromatic nitrogens is 2. The molecule has 8 heteroatoms. The maximum absolute atomic E-state index is 12.5. The molecule has 3 amide bonds. The molecule has 29 heavy (non-hydrogen) atoms. The number of carbonyl (C=O) groups excluding carboxylic acids is 3. The molecule has 1 aromatic heterocycles. The average molecular weight is 402 g/mol. The van der Waals surface area contributed by atoms with Gasteiger partial charge in [0.05, 0.1) is 12.1 Å². The standard InChI is InChI=1S/C21H31N5O3/c1-15-9-23-26(11-15)14-20(28)24-6-4-17(5-7-24)12-25-13-18(8-19(25)27)21(29)22-10-16-2-3-16/h9,11,16-18H,2-8,10,12-14H2,1H3,(H,22,29). The second kappa shape index (κ2) is 8.55. The summed E-state index contributed by atoms with van der Waals surface area (Å²) in [6.07, 6.45) is 8.17. The van der Waals surface area contributed by atoms with Gasteiger partial charge < -0.3 is 15.1 Å². The second-order valence-corrected chi connectivity index (χ2v) is 8.93. The zero-order valence-electron chi connectivity index (χ0n) is 17.2. The first-order valence-electron chi connectivity index (χ1n) is 10.8. The Kier molecular flexibility index (Phi) is 5.87. The van der Waals surface area contributed by atoms with E-state index in [0.717, 1.165) is 38.0 Å². The summed E-state index contributed by atoms with van der Waals surface area (Å²) in [6, 6.07) is 0. The monoisotopic (exact) mass is 401 g/mol. The first-order chi connectivity index (χ1) is 14.0. The number of likely N-dealkylation sites (tertiary alicyclic amines) is 2. The molecule has 2 saturated heterocycles. The van der Waals surface area contributed by atoms with Crippen LogP contribution in [0.2, 0.25) is 0 Å². The Morgan fingerprint density at radius 3 is 2.59 bits per heavy atom. The normalized spacial score (nSPS) is 22.9. The molecule has 1 atom stereocenters. The van der Waals surface area contributed by atoms with E-state index in [4.69, 9.17) is 0 Å². The molecule has 4 rings (SSSR count). The van der Waals surface area contributed by atoms with Crippen LogP contribution >= 0.6 is 0 Å². The Morgan fingerprint density at radius 1 is 1.17 bits per heavy atom. The molecule has 0 bridgehead atoms. The molecule has 1 aromatic rings. The molecule has 8 nitrogen and oxygen atoms in total. The van der Waals surface area contributed by atoms with Crippen LogP contribution in [-0.4, -0.2) is 70.0 Å². The van der Waals surface area contributed by atoms with E-state index in [1.807, 2.05) is 22.9 Å². The number of aryl methyl sites for hydroxylation is 1. The fourth-order valence-electron chi connectivity index (χ4n) is 4.30. The van der Waals surface area contributed by atoms with Crippen molar-refractivity contribution < 1.29 is 14.4 Å². The second-order valence-electron chi connectivity index (χ2n) is 8.93. The minimum absolute atomic E-state index is 0.0297. The number of nitrogens with zero attached hydrogens (tertiary/aromatic N) is 4. The lowest BCUT2D eigenvalue weighted by molar-refractivity contribution is -0.134. The van der Waals surface area contributed by atoms with Gasteiger partial charge in [-0.25, -0.2) is 0 Å². The van der Waals surface area contributed by atoms with Crippen LogP contribution < -0.4 is 5.32 Å². The summed E-state index contributed by atoms with van der Waals surface area (Å²) in [5, 5.41) is 7.18. The number of carbonyl (C=O) groups is 3. The number of nitrogens with one attached hydrogen (secondary N) is 1. The molecular weight excluding hydrogens is 370 g/mol. The lowest BCUT2D eigenvalue weighted by atomic mass is 9.96. The predicted molar refractivity (Wildman–Crippen MR) is 107 cm³/mol. The van der Waals surface area contributed by atoms with E-state index >= 15 is 0 Å². The third kappa shape index (κ3) is 5.16. The molecular formula is C21H31N5O3. The van der Waals surface area contributed by atoms with Gasteiger partial charge in [0.1, 0.15) is 6.54 Å². The van der Waals surface area contributed by atoms with Gasteiger partial charge in [0.2, 0.25) is 17.7 Å². The van der Waals surface area contributed by atoms with Crippen molar-refractivity contribution in [2.45, 2.75) is 45.6 Å². The van der Waals surface area contributed by atoms with E-state index in [2.05, 4.69) is 10.4 Å². The molecule has 1 N–H and O–H groups in total. The zero-order valence-corrected chi connectivity index (χ0v) is 17.2. The molecule has 3 fully saturated rings. The number of piperidine rings is 1. The summed E-state index contributed by atoms with van der Waals surface area (Å²) in [6.45, 7) is 5.67. The van der Waals surface area contributed by atoms with Crippen LogP contribution in [0.3, 0.4) is 0 Å². The molecule has 0 aromatic carbocycles. The van der Waals surface area contributed by atoms with Crippen molar-refractivity contribution in [3.8, 4) is 0 Å². The molecule has 1 aliphatic carbocycles. The van der Waals surface area contributed by atoms with Gasteiger partial charge in [0.15, 0.2) is 0 Å². The molecule has 158 valence electrons. The van der Waals surface area contributed by atoms with Gasteiger partial charge in [-0.3, -0.25) is 19.1 Å². The van der Waals surface area contributed by atoms with Gasteiger partial charge in [-0.05, 0) is 50.0 Å². The topological polar surface area (TPSA) is 87.5 Å². The molecule has 3 aliphatic rings. The van der Waals surface area contributed by atoms with Crippen molar-refractivity contribution in [3.05, 3.63) is 18.0 Å². The minimum Gasteiger partial charge on any atom is -0.356 e. The quantitative estimate of drug-likeness (QED) is 0.732. The van der Waals surface area contributed by atoms with Crippen LogP contribution in [0.15, 0.2) is 12.4 Å². The molecule has 0 spiro atoms. The summed E-state index contributed by atoms with van der Waals surface area (Å²) in [5.74, 6) is 1.04. The maximum Gasteiger partial charge on any atom is 0.244 e. The fraction of sp³-hybridized carbons (Fsp3) is 0.714. The van der Waals surface area contributed by atoms with Gasteiger partial charge in [-0.2, -0.15) is 5.10 Å². The van der Waals surface area contributed by atoms with Gasteiger partial charge in [0, 0.05) is 45.3 Å². The Labute approximate surface area is 171 Å². The maximum atomic E-state index is 12.5. The summed E-state index contributed by atoms with van der Waals surface area (Å²) in [7, 11) is 0. The molecule has 1 saturated carbocycles. The molecule has 1 unspecified atom stereocenters. The Bertz CT molecular complexity index is 764. The van der Waals surface area contributed by atoms with E-state index in [1.165, 1.54) is 12.8 Å². The highest BCUT2D eigenvalue weighted by molar-refractivity contribution is 5.89. The highest BCUT2D eigenvalue weighted by atomic mass is 16.2. The number of hydrogen-bond donors (Lipinski definition) is 1. The third-order valence-corrected chi connectivity index (χ3v) is 6.35. The van der Waals surface area contributed by atoms with E-state index in [1.54, 1.807) is 10.9 Å². The van der Waals surface area contributed by atoms with Crippen molar-refractivity contribution in [1.82, 2.24) is 24.9 Å². The molecule has 0 radical (unpaired) electrons. The summed E-state index contributed by atoms with van der Waals surface area (Å²) in [5.41, 5.74) is 1.05. The SMILES string of the molecule is Cc1cnn(CC(=O)N2CCC(CN3CC(C(=O)NCC4CC4)CC3=O)CC2)c1. The average Bonchev–Trinajstić information content (AvgIpc) is 3.35. The summed E-state index contributed by atoms with van der Waals surface area (Å²) >= 11 is 0. The molecule has 3 heterocycles. The largest absolute Gasteiger partial charge is 0.356 e. The lowest BCUT2D eigenvalue weighted by Crippen LogP contribution is -2.43. The highest BCUT2D eigenvalue weighted by Crippen LogP contribution is 2.28. The number of hydrogen-bond acceptors (Lipinski definition) is 4. The van der Waals surface area contributed by atoms with Crippen molar-refractivity contribution in [3.63, 3.8) is 0 Å². The number of amides is 3. The third-order valence-electron chi connectivity index (χ3n) is 6.35. The smallest absolute Gasteiger partial charge is 0.244 e. The predicted octanol–water partition coefficient (Wildman–Crippen LogP) is 0.805. The zero-order chi connectivity index (χ0) is 20.4. The first-order valence-corrected chi connectivity index (χ1v) is 10.8. The number of rotatable bonds is 7. The Morgan fingerprint density at radius 2 is 1.93 bits per heavy atom. The molecule has 2 aliphatic heterocycles. The van der Waals surface area contributed by atoms with Crippen molar-refractivity contribution in [1.29, 1.82) is 0 Å². The van der Waals surface area contributed by atoms with Crippen LogP contribution in [0.4, 0.5) is 0 Å². The van der Waals surface area contributed by atoms with E-state index in [9.17, 15) is 14.4 Å². The van der Waals surface area contributed by atoms with Crippen molar-refractivity contribution in [2.75, 3.05) is 32.7 Å². The minimum atomic E-state index is -0.208. The van der Waals surface area contributed by atoms with Gasteiger partial charge in [-0.1, -0.05) is 0 Å². The highest BCUT2D eigenvalue weighted by Gasteiger charge is 2.36. The fourth-order valence-corrected chi connectivity index (χ4v) is 4.30. The van der Waals surface area contributed by atoms with E-state index in [-0.39, 0.29) is 30.2 Å². The Hall–Kier alpha value is -2.38. The van der Waals surface area contributed by atoms with Gasteiger partial charge in [0.25, 0.3) is 0 Å². The van der Waals surface area contributed by atoms with Crippen LogP contribution in [-0.2, 0) is 20.9 Å². The Balaban J connectivity index is 1.19. The van der Waals surface area contributed by atoms with E-state index < -0.39 is 0 Å². The summed E-state index contributed by atoms with van der Waals surface area (Å²) in [4.78, 5) is 40.9. The van der Waals surface area contributed by atoms with Crippen molar-refractivity contribution in [2.24, 2.45) is 17.8 Å². The van der Waals surface area contributed by atoms with Crippen LogP contribution in [0.5, 0.6) is 0 Å². The lowest BCUT2D eigenvalue weighted by Gasteiger charge is -2.34. The van der Waals surface area contributed by atoms with Gasteiger partial charge >= 0.3 is 0 Å². The van der Waals surface area contributed by atoms with E-state index in [0.29, 0.717) is 31.3 Å². The first kappa shape index (κ1) is 19.9. The van der Waals surface area contributed by atoms with Gasteiger partial charge in [-0.15, -0.1) is 0 Å². The van der Waals surface area contributed by atoms with Crippen LogP contribution in [0.1, 0.15) is 37.7 Å². The van der Waals surface area contributed by atoms with Crippen molar-refractivity contribution >= 4 is 17.7 Å².